The lowest BCUT2D eigenvalue weighted by Crippen LogP contribution is -2.50. The highest BCUT2D eigenvalue weighted by Crippen LogP contribution is 2.13. The zero-order chi connectivity index (χ0) is 18.5. The predicted molar refractivity (Wildman–Crippen MR) is 98.4 cm³/mol. The molecule has 0 N–H and O–H groups in total. The van der Waals surface area contributed by atoms with Crippen LogP contribution < -0.4 is 0 Å². The number of benzene rings is 2. The minimum Gasteiger partial charge on any atom is -0.339 e. The molecule has 0 atom stereocenters. The molecule has 1 saturated heterocycles. The maximum Gasteiger partial charge on any atom is 0.253 e. The lowest BCUT2D eigenvalue weighted by molar-refractivity contribution is -0.132. The Hall–Kier alpha value is -2.69. The van der Waals surface area contributed by atoms with Crippen molar-refractivity contribution in [2.75, 3.05) is 26.2 Å². The second-order valence-corrected chi connectivity index (χ2v) is 6.63. The Morgan fingerprint density at radius 3 is 2.35 bits per heavy atom. The molecule has 2 amide bonds. The Balaban J connectivity index is 1.51. The van der Waals surface area contributed by atoms with Gasteiger partial charge in [-0.2, -0.15) is 0 Å². The van der Waals surface area contributed by atoms with E-state index < -0.39 is 0 Å². The molecule has 0 aromatic heterocycles. The zero-order valence-corrected chi connectivity index (χ0v) is 15.0. The summed E-state index contributed by atoms with van der Waals surface area (Å²) in [6.45, 7) is 4.06. The van der Waals surface area contributed by atoms with Crippen molar-refractivity contribution < 1.29 is 14.0 Å². The first-order chi connectivity index (χ1) is 12.5. The number of hydrogen-bond donors (Lipinski definition) is 0. The third kappa shape index (κ3) is 4.28. The van der Waals surface area contributed by atoms with Gasteiger partial charge in [0.2, 0.25) is 5.91 Å². The quantitative estimate of drug-likeness (QED) is 0.847. The van der Waals surface area contributed by atoms with Crippen LogP contribution in [0.4, 0.5) is 4.39 Å². The zero-order valence-electron chi connectivity index (χ0n) is 15.0. The maximum absolute atomic E-state index is 13.6. The van der Waals surface area contributed by atoms with Crippen LogP contribution in [0.5, 0.6) is 0 Å². The third-order valence-corrected chi connectivity index (χ3v) is 4.75. The van der Waals surface area contributed by atoms with Crippen molar-refractivity contribution >= 4 is 11.8 Å². The number of carbonyl (C=O) groups is 2. The fourth-order valence-corrected chi connectivity index (χ4v) is 3.22. The van der Waals surface area contributed by atoms with Gasteiger partial charge in [0.25, 0.3) is 5.91 Å². The molecule has 4 nitrogen and oxygen atoms in total. The largest absolute Gasteiger partial charge is 0.339 e. The number of piperazine rings is 1. The third-order valence-electron chi connectivity index (χ3n) is 4.75. The highest BCUT2D eigenvalue weighted by molar-refractivity contribution is 5.94. The molecule has 0 spiro atoms. The van der Waals surface area contributed by atoms with Crippen LogP contribution in [0, 0.1) is 12.7 Å². The molecule has 1 heterocycles. The van der Waals surface area contributed by atoms with Gasteiger partial charge in [0.15, 0.2) is 0 Å². The molecular formula is C21H23FN2O2. The number of aryl methyl sites for hydroxylation is 2. The van der Waals surface area contributed by atoms with E-state index in [1.54, 1.807) is 28.0 Å². The molecule has 136 valence electrons. The Morgan fingerprint density at radius 1 is 0.962 bits per heavy atom. The van der Waals surface area contributed by atoms with Crippen molar-refractivity contribution in [3.05, 3.63) is 71.0 Å². The minimum absolute atomic E-state index is 0.00663. The van der Waals surface area contributed by atoms with Gasteiger partial charge in [-0.1, -0.05) is 35.9 Å². The molecule has 0 bridgehead atoms. The molecule has 3 rings (SSSR count). The van der Waals surface area contributed by atoms with Crippen LogP contribution in [0.15, 0.2) is 48.5 Å². The molecule has 0 radical (unpaired) electrons. The van der Waals surface area contributed by atoms with Crippen LogP contribution in [-0.4, -0.2) is 47.8 Å². The van der Waals surface area contributed by atoms with E-state index in [0.717, 1.165) is 5.56 Å². The molecule has 26 heavy (non-hydrogen) atoms. The van der Waals surface area contributed by atoms with Crippen LogP contribution >= 0.6 is 0 Å². The standard InChI is InChI=1S/C21H23FN2O2/c1-16-5-4-7-18(15-16)21(26)24-13-11-23(12-14-24)20(25)10-9-17-6-2-3-8-19(17)22/h2-8,15H,9-14H2,1H3. The van der Waals surface area contributed by atoms with Crippen LogP contribution in [0.1, 0.15) is 27.9 Å². The van der Waals surface area contributed by atoms with Gasteiger partial charge in [-0.15, -0.1) is 0 Å². The van der Waals surface area contributed by atoms with Gasteiger partial charge in [-0.3, -0.25) is 9.59 Å². The average molecular weight is 354 g/mol. The van der Waals surface area contributed by atoms with Crippen molar-refractivity contribution in [3.8, 4) is 0 Å². The van der Waals surface area contributed by atoms with E-state index in [2.05, 4.69) is 0 Å². The molecule has 1 aliphatic rings. The smallest absolute Gasteiger partial charge is 0.253 e. The van der Waals surface area contributed by atoms with Gasteiger partial charge in [0.1, 0.15) is 5.82 Å². The molecule has 2 aromatic rings. The number of rotatable bonds is 4. The summed E-state index contributed by atoms with van der Waals surface area (Å²) in [5.74, 6) is -0.253. The van der Waals surface area contributed by atoms with Crippen molar-refractivity contribution in [3.63, 3.8) is 0 Å². The van der Waals surface area contributed by atoms with Crippen molar-refractivity contribution in [1.29, 1.82) is 0 Å². The summed E-state index contributed by atoms with van der Waals surface area (Å²) in [7, 11) is 0. The fourth-order valence-electron chi connectivity index (χ4n) is 3.22. The van der Waals surface area contributed by atoms with Crippen LogP contribution in [0.25, 0.3) is 0 Å². The summed E-state index contributed by atoms with van der Waals surface area (Å²) in [5.41, 5.74) is 2.30. The number of hydrogen-bond acceptors (Lipinski definition) is 2. The Morgan fingerprint density at radius 2 is 1.65 bits per heavy atom. The topological polar surface area (TPSA) is 40.6 Å². The molecule has 5 heteroatoms. The normalized spacial score (nSPS) is 14.4. The summed E-state index contributed by atoms with van der Waals surface area (Å²) in [4.78, 5) is 28.5. The first-order valence-electron chi connectivity index (χ1n) is 8.92. The number of nitrogens with zero attached hydrogens (tertiary/aromatic N) is 2. The molecule has 0 unspecified atom stereocenters. The maximum atomic E-state index is 13.6. The Labute approximate surface area is 153 Å². The lowest BCUT2D eigenvalue weighted by atomic mass is 10.1. The molecule has 1 fully saturated rings. The fraction of sp³-hybridized carbons (Fsp3) is 0.333. The number of amides is 2. The van der Waals surface area contributed by atoms with Crippen LogP contribution in [-0.2, 0) is 11.2 Å². The van der Waals surface area contributed by atoms with Gasteiger partial charge in [-0.05, 0) is 37.1 Å². The second kappa shape index (κ2) is 8.13. The molecule has 2 aromatic carbocycles. The van der Waals surface area contributed by atoms with E-state index in [9.17, 15) is 14.0 Å². The SMILES string of the molecule is Cc1cccc(C(=O)N2CCN(C(=O)CCc3ccccc3F)CC2)c1. The molecule has 0 aliphatic carbocycles. The summed E-state index contributed by atoms with van der Waals surface area (Å²) in [6.07, 6.45) is 0.681. The average Bonchev–Trinajstić information content (AvgIpc) is 2.66. The van der Waals surface area contributed by atoms with Crippen molar-refractivity contribution in [1.82, 2.24) is 9.80 Å². The minimum atomic E-state index is -0.270. The first kappa shape index (κ1) is 18.1. The van der Waals surface area contributed by atoms with Gasteiger partial charge in [0, 0.05) is 38.2 Å². The highest BCUT2D eigenvalue weighted by atomic mass is 19.1. The molecular weight excluding hydrogens is 331 g/mol. The van der Waals surface area contributed by atoms with Gasteiger partial charge in [-0.25, -0.2) is 4.39 Å². The van der Waals surface area contributed by atoms with E-state index in [-0.39, 0.29) is 24.1 Å². The van der Waals surface area contributed by atoms with E-state index in [1.165, 1.54) is 6.07 Å². The van der Waals surface area contributed by atoms with Gasteiger partial charge in [0.05, 0.1) is 0 Å². The summed E-state index contributed by atoms with van der Waals surface area (Å²) < 4.78 is 13.6. The highest BCUT2D eigenvalue weighted by Gasteiger charge is 2.24. The lowest BCUT2D eigenvalue weighted by Gasteiger charge is -2.35. The molecule has 1 aliphatic heterocycles. The van der Waals surface area contributed by atoms with Crippen LogP contribution in [0.3, 0.4) is 0 Å². The first-order valence-corrected chi connectivity index (χ1v) is 8.92. The Kier molecular flexibility index (Phi) is 5.66. The van der Waals surface area contributed by atoms with Crippen LogP contribution in [0.2, 0.25) is 0 Å². The van der Waals surface area contributed by atoms with E-state index >= 15 is 0 Å². The van der Waals surface area contributed by atoms with Gasteiger partial charge >= 0.3 is 0 Å². The van der Waals surface area contributed by atoms with Crippen molar-refractivity contribution in [2.24, 2.45) is 0 Å². The summed E-state index contributed by atoms with van der Waals surface area (Å²) >= 11 is 0. The Bertz CT molecular complexity index is 798. The van der Waals surface area contributed by atoms with Crippen molar-refractivity contribution in [2.45, 2.75) is 19.8 Å². The summed E-state index contributed by atoms with van der Waals surface area (Å²) in [5, 5.41) is 0. The van der Waals surface area contributed by atoms with E-state index in [4.69, 9.17) is 0 Å². The monoisotopic (exact) mass is 354 g/mol. The molecule has 0 saturated carbocycles. The number of halogens is 1. The predicted octanol–water partition coefficient (Wildman–Crippen LogP) is 3.05. The second-order valence-electron chi connectivity index (χ2n) is 6.63. The van der Waals surface area contributed by atoms with E-state index in [0.29, 0.717) is 43.7 Å². The van der Waals surface area contributed by atoms with E-state index in [1.807, 2.05) is 31.2 Å². The number of carbonyl (C=O) groups excluding carboxylic acids is 2. The summed E-state index contributed by atoms with van der Waals surface area (Å²) in [6, 6.07) is 14.1. The van der Waals surface area contributed by atoms with Gasteiger partial charge < -0.3 is 9.80 Å².